The summed E-state index contributed by atoms with van der Waals surface area (Å²) in [5, 5.41) is 6.17. The van der Waals surface area contributed by atoms with E-state index in [0.717, 1.165) is 16.6 Å². The normalized spacial score (nSPS) is 11.8. The largest absolute Gasteiger partial charge is 0.309 e. The third-order valence-electron chi connectivity index (χ3n) is 8.54. The van der Waals surface area contributed by atoms with Crippen LogP contribution in [0.25, 0.3) is 77.0 Å². The van der Waals surface area contributed by atoms with Gasteiger partial charge < -0.3 is 9.13 Å². The van der Waals surface area contributed by atoms with Crippen LogP contribution in [0.1, 0.15) is 0 Å². The monoisotopic (exact) mass is 535 g/mol. The molecule has 0 saturated heterocycles. The van der Waals surface area contributed by atoms with E-state index < -0.39 is 0 Å². The standard InChI is InChI=1S/C39H25N3/c1-2-10-29(11-3-1)41-36-14-6-4-12-31(36)33-23-27(17-20-38(33)41)28-18-21-39-34(24-28)32-13-5-7-15-37(32)42(39)30-19-16-26-9-8-22-40-35(26)25-30/h1-25H. The van der Waals surface area contributed by atoms with Gasteiger partial charge in [0.15, 0.2) is 0 Å². The molecule has 0 saturated carbocycles. The van der Waals surface area contributed by atoms with Gasteiger partial charge in [-0.3, -0.25) is 4.98 Å². The predicted octanol–water partition coefficient (Wildman–Crippen LogP) is 10.1. The van der Waals surface area contributed by atoms with Crippen LogP contribution in [-0.2, 0) is 0 Å². The summed E-state index contributed by atoms with van der Waals surface area (Å²) in [6, 6.07) is 52.4. The van der Waals surface area contributed by atoms with Crippen LogP contribution in [0.5, 0.6) is 0 Å². The van der Waals surface area contributed by atoms with Gasteiger partial charge in [-0.1, -0.05) is 78.9 Å². The maximum atomic E-state index is 4.62. The molecule has 0 spiro atoms. The van der Waals surface area contributed by atoms with Crippen LogP contribution in [0, 0.1) is 0 Å². The van der Waals surface area contributed by atoms with Crippen molar-refractivity contribution in [3.05, 3.63) is 152 Å². The fourth-order valence-corrected chi connectivity index (χ4v) is 6.63. The molecule has 0 aliphatic rings. The van der Waals surface area contributed by atoms with Crippen LogP contribution in [0.4, 0.5) is 0 Å². The predicted molar refractivity (Wildman–Crippen MR) is 176 cm³/mol. The molecule has 0 aliphatic heterocycles. The number of pyridine rings is 1. The van der Waals surface area contributed by atoms with E-state index in [9.17, 15) is 0 Å². The van der Waals surface area contributed by atoms with Crippen LogP contribution in [0.2, 0.25) is 0 Å². The second kappa shape index (κ2) is 8.92. The van der Waals surface area contributed by atoms with Crippen molar-refractivity contribution in [2.75, 3.05) is 0 Å². The smallest absolute Gasteiger partial charge is 0.0722 e. The molecule has 3 aromatic heterocycles. The Morgan fingerprint density at radius 3 is 1.62 bits per heavy atom. The van der Waals surface area contributed by atoms with Gasteiger partial charge in [0.1, 0.15) is 0 Å². The van der Waals surface area contributed by atoms with E-state index >= 15 is 0 Å². The van der Waals surface area contributed by atoms with Crippen molar-refractivity contribution in [1.82, 2.24) is 14.1 Å². The number of para-hydroxylation sites is 3. The van der Waals surface area contributed by atoms with Gasteiger partial charge in [-0.2, -0.15) is 0 Å². The molecule has 0 unspecified atom stereocenters. The van der Waals surface area contributed by atoms with Crippen molar-refractivity contribution in [3.63, 3.8) is 0 Å². The lowest BCUT2D eigenvalue weighted by atomic mass is 10.0. The van der Waals surface area contributed by atoms with Crippen LogP contribution in [-0.4, -0.2) is 14.1 Å². The van der Waals surface area contributed by atoms with Gasteiger partial charge in [0, 0.05) is 44.5 Å². The molecule has 9 aromatic rings. The minimum atomic E-state index is 1.00. The first-order chi connectivity index (χ1) is 20.8. The Morgan fingerprint density at radius 1 is 0.381 bits per heavy atom. The second-order valence-electron chi connectivity index (χ2n) is 10.9. The number of hydrogen-bond donors (Lipinski definition) is 0. The quantitative estimate of drug-likeness (QED) is 0.221. The van der Waals surface area contributed by atoms with Gasteiger partial charge in [0.2, 0.25) is 0 Å². The van der Waals surface area contributed by atoms with Crippen LogP contribution in [0.15, 0.2) is 152 Å². The molecule has 6 aromatic carbocycles. The van der Waals surface area contributed by atoms with E-state index in [1.54, 1.807) is 0 Å². The number of fused-ring (bicyclic) bond motifs is 7. The molecule has 42 heavy (non-hydrogen) atoms. The molecular weight excluding hydrogens is 510 g/mol. The maximum absolute atomic E-state index is 4.62. The summed E-state index contributed by atoms with van der Waals surface area (Å²) in [5.41, 5.74) is 10.5. The van der Waals surface area contributed by atoms with Crippen LogP contribution >= 0.6 is 0 Å². The molecule has 3 heterocycles. The van der Waals surface area contributed by atoms with Crippen molar-refractivity contribution >= 4 is 54.5 Å². The van der Waals surface area contributed by atoms with Crippen LogP contribution in [0.3, 0.4) is 0 Å². The summed E-state index contributed by atoms with van der Waals surface area (Å²) in [6.07, 6.45) is 1.86. The van der Waals surface area contributed by atoms with E-state index in [4.69, 9.17) is 0 Å². The molecule has 3 nitrogen and oxygen atoms in total. The number of nitrogens with zero attached hydrogens (tertiary/aromatic N) is 3. The number of rotatable bonds is 3. The third-order valence-corrected chi connectivity index (χ3v) is 8.54. The Morgan fingerprint density at radius 2 is 0.952 bits per heavy atom. The fraction of sp³-hybridized carbons (Fsp3) is 0. The molecule has 0 atom stereocenters. The summed E-state index contributed by atoms with van der Waals surface area (Å²) in [4.78, 5) is 4.62. The molecule has 9 rings (SSSR count). The summed E-state index contributed by atoms with van der Waals surface area (Å²) in [7, 11) is 0. The average Bonchev–Trinajstić information content (AvgIpc) is 3.57. The van der Waals surface area contributed by atoms with E-state index in [1.165, 1.54) is 60.4 Å². The van der Waals surface area contributed by atoms with Gasteiger partial charge >= 0.3 is 0 Å². The summed E-state index contributed by atoms with van der Waals surface area (Å²) in [5.74, 6) is 0. The van der Waals surface area contributed by atoms with Gasteiger partial charge in [0.05, 0.1) is 27.6 Å². The van der Waals surface area contributed by atoms with E-state index in [1.807, 2.05) is 12.3 Å². The fourth-order valence-electron chi connectivity index (χ4n) is 6.63. The van der Waals surface area contributed by atoms with E-state index in [2.05, 4.69) is 154 Å². The van der Waals surface area contributed by atoms with Crippen molar-refractivity contribution in [2.45, 2.75) is 0 Å². The zero-order valence-corrected chi connectivity index (χ0v) is 22.8. The van der Waals surface area contributed by atoms with Crippen LogP contribution < -0.4 is 0 Å². The van der Waals surface area contributed by atoms with Gasteiger partial charge in [0.25, 0.3) is 0 Å². The highest BCUT2D eigenvalue weighted by molar-refractivity contribution is 6.12. The zero-order chi connectivity index (χ0) is 27.6. The zero-order valence-electron chi connectivity index (χ0n) is 22.8. The molecule has 0 radical (unpaired) electrons. The molecule has 0 N–H and O–H groups in total. The lowest BCUT2D eigenvalue weighted by Crippen LogP contribution is -1.94. The number of benzene rings is 6. The van der Waals surface area contributed by atoms with Gasteiger partial charge in [-0.15, -0.1) is 0 Å². The highest BCUT2D eigenvalue weighted by Gasteiger charge is 2.16. The minimum Gasteiger partial charge on any atom is -0.309 e. The third kappa shape index (κ3) is 3.37. The van der Waals surface area contributed by atoms with E-state index in [0.29, 0.717) is 0 Å². The Kier molecular flexibility index (Phi) is 4.90. The van der Waals surface area contributed by atoms with E-state index in [-0.39, 0.29) is 0 Å². The van der Waals surface area contributed by atoms with Crippen molar-refractivity contribution in [2.24, 2.45) is 0 Å². The first kappa shape index (κ1) is 23.1. The summed E-state index contributed by atoms with van der Waals surface area (Å²) >= 11 is 0. The molecular formula is C39H25N3. The lowest BCUT2D eigenvalue weighted by molar-refractivity contribution is 1.18. The molecule has 0 fully saturated rings. The molecule has 0 amide bonds. The van der Waals surface area contributed by atoms with Crippen molar-refractivity contribution in [3.8, 4) is 22.5 Å². The first-order valence-corrected chi connectivity index (χ1v) is 14.3. The molecule has 0 bridgehead atoms. The summed E-state index contributed by atoms with van der Waals surface area (Å²) in [6.45, 7) is 0. The Hall–Kier alpha value is -5.67. The average molecular weight is 536 g/mol. The number of aromatic nitrogens is 3. The molecule has 3 heteroatoms. The lowest BCUT2D eigenvalue weighted by Gasteiger charge is -2.10. The van der Waals surface area contributed by atoms with Crippen molar-refractivity contribution in [1.29, 1.82) is 0 Å². The van der Waals surface area contributed by atoms with Gasteiger partial charge in [-0.05, 0) is 77.9 Å². The topological polar surface area (TPSA) is 22.8 Å². The SMILES string of the molecule is c1ccc(-n2c3ccccc3c3cc(-c4ccc5c(c4)c4ccccc4n5-c4ccc5cccnc5c4)ccc32)cc1. The minimum absolute atomic E-state index is 1.00. The highest BCUT2D eigenvalue weighted by Crippen LogP contribution is 2.38. The van der Waals surface area contributed by atoms with Crippen molar-refractivity contribution < 1.29 is 0 Å². The Labute approximate surface area is 242 Å². The Bertz CT molecular complexity index is 2460. The number of hydrogen-bond acceptors (Lipinski definition) is 1. The second-order valence-corrected chi connectivity index (χ2v) is 10.9. The molecule has 0 aliphatic carbocycles. The highest BCUT2D eigenvalue weighted by atomic mass is 15.0. The summed E-state index contributed by atoms with van der Waals surface area (Å²) < 4.78 is 4.73. The maximum Gasteiger partial charge on any atom is 0.0722 e. The van der Waals surface area contributed by atoms with Gasteiger partial charge in [-0.25, -0.2) is 0 Å². The first-order valence-electron chi connectivity index (χ1n) is 14.3. The molecule has 196 valence electrons. The Balaban J connectivity index is 1.26.